The lowest BCUT2D eigenvalue weighted by molar-refractivity contribution is 0.302. The van der Waals surface area contributed by atoms with Crippen LogP contribution in [0.1, 0.15) is 43.4 Å². The molecule has 0 N–H and O–H groups in total. The first-order valence-electron chi connectivity index (χ1n) is 7.32. The molecular formula is C14H18N4O3S. The maximum atomic E-state index is 12.9. The largest absolute Gasteiger partial charge is 0.340 e. The predicted octanol–water partition coefficient (Wildman–Crippen LogP) is 2.08. The second-order valence-electron chi connectivity index (χ2n) is 5.32. The minimum Gasteiger partial charge on any atom is -0.340 e. The van der Waals surface area contributed by atoms with Crippen molar-refractivity contribution in [3.63, 3.8) is 0 Å². The first kappa shape index (κ1) is 15.1. The van der Waals surface area contributed by atoms with Crippen LogP contribution in [-0.4, -0.2) is 34.4 Å². The quantitative estimate of drug-likeness (QED) is 0.859. The topological polar surface area (TPSA) is 89.2 Å². The van der Waals surface area contributed by atoms with Crippen LogP contribution in [0.5, 0.6) is 0 Å². The fourth-order valence-corrected chi connectivity index (χ4v) is 4.29. The van der Waals surface area contributed by atoms with Crippen LogP contribution in [-0.2, 0) is 10.0 Å². The van der Waals surface area contributed by atoms with Gasteiger partial charge in [0.05, 0.1) is 6.04 Å². The fourth-order valence-electron chi connectivity index (χ4n) is 2.70. The van der Waals surface area contributed by atoms with Gasteiger partial charge in [-0.3, -0.25) is 0 Å². The highest BCUT2D eigenvalue weighted by Gasteiger charge is 2.36. The second kappa shape index (κ2) is 6.13. The molecule has 1 aliphatic heterocycles. The van der Waals surface area contributed by atoms with Crippen LogP contribution in [0.25, 0.3) is 0 Å². The number of aromatic nitrogens is 3. The molecule has 0 radical (unpaired) electrons. The van der Waals surface area contributed by atoms with E-state index in [9.17, 15) is 8.42 Å². The molecule has 8 heteroatoms. The Balaban J connectivity index is 2.00. The van der Waals surface area contributed by atoms with Gasteiger partial charge >= 0.3 is 0 Å². The summed E-state index contributed by atoms with van der Waals surface area (Å²) in [5, 5.41) is 3.98. The SMILES string of the molecule is Cc1nc(C2CCCCCN2S(=O)(=O)c2ccccn2)no1. The third-order valence-electron chi connectivity index (χ3n) is 3.76. The van der Waals surface area contributed by atoms with Crippen LogP contribution in [0, 0.1) is 6.92 Å². The monoisotopic (exact) mass is 322 g/mol. The van der Waals surface area contributed by atoms with Crippen molar-refractivity contribution in [2.75, 3.05) is 6.54 Å². The Labute approximate surface area is 129 Å². The Kier molecular flexibility index (Phi) is 4.21. The summed E-state index contributed by atoms with van der Waals surface area (Å²) < 4.78 is 32.3. The zero-order chi connectivity index (χ0) is 15.6. The Morgan fingerprint density at radius 3 is 2.82 bits per heavy atom. The van der Waals surface area contributed by atoms with Gasteiger partial charge in [-0.2, -0.15) is 9.29 Å². The smallest absolute Gasteiger partial charge is 0.261 e. The Bertz CT molecular complexity index is 730. The van der Waals surface area contributed by atoms with Gasteiger partial charge in [-0.1, -0.05) is 24.1 Å². The number of hydrogen-bond donors (Lipinski definition) is 0. The van der Waals surface area contributed by atoms with E-state index in [4.69, 9.17) is 4.52 Å². The van der Waals surface area contributed by atoms with Gasteiger partial charge in [0.25, 0.3) is 10.0 Å². The molecule has 0 aromatic carbocycles. The Morgan fingerprint density at radius 1 is 1.27 bits per heavy atom. The van der Waals surface area contributed by atoms with Gasteiger partial charge in [-0.05, 0) is 25.0 Å². The minimum absolute atomic E-state index is 0.0575. The lowest BCUT2D eigenvalue weighted by Crippen LogP contribution is -2.35. The van der Waals surface area contributed by atoms with Gasteiger partial charge in [-0.25, -0.2) is 13.4 Å². The number of aryl methyl sites for hydroxylation is 1. The fraction of sp³-hybridized carbons (Fsp3) is 0.500. The van der Waals surface area contributed by atoms with E-state index in [-0.39, 0.29) is 5.03 Å². The molecule has 2 aromatic rings. The molecule has 1 saturated heterocycles. The standard InChI is InChI=1S/C14H18N4O3S/c1-11-16-14(17-21-11)12-7-3-2-6-10-18(12)22(19,20)13-8-4-5-9-15-13/h4-5,8-9,12H,2-3,6-7,10H2,1H3. The summed E-state index contributed by atoms with van der Waals surface area (Å²) in [7, 11) is -3.67. The van der Waals surface area contributed by atoms with Crippen molar-refractivity contribution in [1.82, 2.24) is 19.4 Å². The molecule has 0 saturated carbocycles. The Morgan fingerprint density at radius 2 is 2.14 bits per heavy atom. The van der Waals surface area contributed by atoms with E-state index in [1.54, 1.807) is 19.1 Å². The number of rotatable bonds is 3. The average molecular weight is 322 g/mol. The predicted molar refractivity (Wildman–Crippen MR) is 78.4 cm³/mol. The molecule has 1 aliphatic rings. The molecule has 2 aromatic heterocycles. The first-order valence-corrected chi connectivity index (χ1v) is 8.76. The van der Waals surface area contributed by atoms with Crippen molar-refractivity contribution in [3.05, 3.63) is 36.1 Å². The molecular weight excluding hydrogens is 304 g/mol. The average Bonchev–Trinajstić information content (AvgIpc) is 2.81. The molecule has 1 fully saturated rings. The third kappa shape index (κ3) is 2.89. The lowest BCUT2D eigenvalue weighted by Gasteiger charge is -2.26. The van der Waals surface area contributed by atoms with E-state index in [1.807, 2.05) is 0 Å². The molecule has 0 amide bonds. The van der Waals surface area contributed by atoms with Gasteiger partial charge in [0.1, 0.15) is 0 Å². The van der Waals surface area contributed by atoms with Gasteiger partial charge in [-0.15, -0.1) is 0 Å². The van der Waals surface area contributed by atoms with E-state index < -0.39 is 16.1 Å². The number of sulfonamides is 1. The normalized spacial score (nSPS) is 20.7. The molecule has 118 valence electrons. The summed E-state index contributed by atoms with van der Waals surface area (Å²) in [6, 6.07) is 4.48. The van der Waals surface area contributed by atoms with Crippen molar-refractivity contribution in [3.8, 4) is 0 Å². The summed E-state index contributed by atoms with van der Waals surface area (Å²) in [6.45, 7) is 2.14. The van der Waals surface area contributed by atoms with Crippen LogP contribution >= 0.6 is 0 Å². The maximum absolute atomic E-state index is 12.9. The number of pyridine rings is 1. The highest BCUT2D eigenvalue weighted by atomic mass is 32.2. The zero-order valence-electron chi connectivity index (χ0n) is 12.3. The summed E-state index contributed by atoms with van der Waals surface area (Å²) in [5.74, 6) is 0.869. The van der Waals surface area contributed by atoms with E-state index in [2.05, 4.69) is 15.1 Å². The van der Waals surface area contributed by atoms with Crippen molar-refractivity contribution in [1.29, 1.82) is 0 Å². The molecule has 3 heterocycles. The van der Waals surface area contributed by atoms with Crippen LogP contribution in [0.2, 0.25) is 0 Å². The summed E-state index contributed by atoms with van der Waals surface area (Å²) in [4.78, 5) is 8.22. The molecule has 1 unspecified atom stereocenters. The van der Waals surface area contributed by atoms with Gasteiger partial charge in [0, 0.05) is 19.7 Å². The highest BCUT2D eigenvalue weighted by molar-refractivity contribution is 7.89. The highest BCUT2D eigenvalue weighted by Crippen LogP contribution is 2.32. The van der Waals surface area contributed by atoms with Crippen LogP contribution in [0.4, 0.5) is 0 Å². The van der Waals surface area contributed by atoms with E-state index in [1.165, 1.54) is 16.6 Å². The molecule has 22 heavy (non-hydrogen) atoms. The van der Waals surface area contributed by atoms with E-state index in [0.29, 0.717) is 24.7 Å². The van der Waals surface area contributed by atoms with Crippen LogP contribution in [0.3, 0.4) is 0 Å². The first-order chi connectivity index (χ1) is 10.6. The summed E-state index contributed by atoms with van der Waals surface area (Å²) in [5.41, 5.74) is 0. The molecule has 0 spiro atoms. The van der Waals surface area contributed by atoms with Gasteiger partial charge in [0.15, 0.2) is 10.9 Å². The van der Waals surface area contributed by atoms with E-state index >= 15 is 0 Å². The summed E-state index contributed by atoms with van der Waals surface area (Å²) >= 11 is 0. The molecule has 3 rings (SSSR count). The molecule has 0 bridgehead atoms. The van der Waals surface area contributed by atoms with Crippen molar-refractivity contribution in [2.45, 2.75) is 43.7 Å². The van der Waals surface area contributed by atoms with Gasteiger partial charge in [0.2, 0.25) is 5.89 Å². The molecule has 7 nitrogen and oxygen atoms in total. The Hall–Kier alpha value is -1.80. The minimum atomic E-state index is -3.67. The van der Waals surface area contributed by atoms with Crippen molar-refractivity contribution >= 4 is 10.0 Å². The molecule has 1 atom stereocenters. The van der Waals surface area contributed by atoms with Gasteiger partial charge < -0.3 is 4.52 Å². The van der Waals surface area contributed by atoms with Crippen LogP contribution in [0.15, 0.2) is 33.9 Å². The van der Waals surface area contributed by atoms with Crippen molar-refractivity contribution in [2.24, 2.45) is 0 Å². The molecule has 0 aliphatic carbocycles. The maximum Gasteiger partial charge on any atom is 0.261 e. The van der Waals surface area contributed by atoms with Crippen molar-refractivity contribution < 1.29 is 12.9 Å². The zero-order valence-corrected chi connectivity index (χ0v) is 13.2. The lowest BCUT2D eigenvalue weighted by atomic mass is 10.1. The summed E-state index contributed by atoms with van der Waals surface area (Å²) in [6.07, 6.45) is 4.91. The van der Waals surface area contributed by atoms with Crippen LogP contribution < -0.4 is 0 Å². The second-order valence-corrected chi connectivity index (χ2v) is 7.16. The number of hydrogen-bond acceptors (Lipinski definition) is 6. The third-order valence-corrected chi connectivity index (χ3v) is 5.58. The number of nitrogens with zero attached hydrogens (tertiary/aromatic N) is 4. The van der Waals surface area contributed by atoms with E-state index in [0.717, 1.165) is 19.3 Å².